The Morgan fingerprint density at radius 3 is 2.84 bits per heavy atom. The number of aromatic nitrogens is 1. The zero-order valence-corrected chi connectivity index (χ0v) is 12.0. The van der Waals surface area contributed by atoms with Gasteiger partial charge in [0, 0.05) is 38.9 Å². The number of nitrogens with zero attached hydrogens (tertiary/aromatic N) is 3. The van der Waals surface area contributed by atoms with E-state index in [2.05, 4.69) is 33.2 Å². The summed E-state index contributed by atoms with van der Waals surface area (Å²) in [6.07, 6.45) is 4.61. The van der Waals surface area contributed by atoms with Gasteiger partial charge in [-0.05, 0) is 45.1 Å². The van der Waals surface area contributed by atoms with E-state index < -0.39 is 0 Å². The minimum absolute atomic E-state index is 0.862. The van der Waals surface area contributed by atoms with Crippen molar-refractivity contribution in [2.75, 3.05) is 46.3 Å². The van der Waals surface area contributed by atoms with Crippen LogP contribution in [0.4, 0.5) is 0 Å². The Bertz CT molecular complexity index is 335. The first-order chi connectivity index (χ1) is 9.34. The summed E-state index contributed by atoms with van der Waals surface area (Å²) in [5.41, 5.74) is 1.11. The molecule has 1 aromatic heterocycles. The van der Waals surface area contributed by atoms with E-state index in [4.69, 9.17) is 0 Å². The molecule has 4 nitrogen and oxygen atoms in total. The number of rotatable bonds is 8. The average Bonchev–Trinajstić information content (AvgIpc) is 2.96. The third kappa shape index (κ3) is 5.68. The summed E-state index contributed by atoms with van der Waals surface area (Å²) in [7, 11) is 2.21. The topological polar surface area (TPSA) is 31.4 Å². The van der Waals surface area contributed by atoms with Gasteiger partial charge in [0.2, 0.25) is 0 Å². The van der Waals surface area contributed by atoms with E-state index >= 15 is 0 Å². The SMILES string of the molecule is CN(CCNCc1ccccn1)CCN1CCCC1. The van der Waals surface area contributed by atoms with Gasteiger partial charge in [0.05, 0.1) is 5.69 Å². The molecular formula is C15H26N4. The van der Waals surface area contributed by atoms with E-state index in [1.165, 1.54) is 39.0 Å². The molecule has 1 fully saturated rings. The predicted octanol–water partition coefficient (Wildman–Crippen LogP) is 1.20. The molecule has 0 bridgehead atoms. The maximum atomic E-state index is 4.30. The fourth-order valence-electron chi connectivity index (χ4n) is 2.42. The first-order valence-corrected chi connectivity index (χ1v) is 7.36. The van der Waals surface area contributed by atoms with Crippen LogP contribution in [0.1, 0.15) is 18.5 Å². The van der Waals surface area contributed by atoms with Crippen molar-refractivity contribution in [2.45, 2.75) is 19.4 Å². The van der Waals surface area contributed by atoms with Gasteiger partial charge in [0.1, 0.15) is 0 Å². The van der Waals surface area contributed by atoms with Crippen LogP contribution in [0.2, 0.25) is 0 Å². The number of hydrogen-bond donors (Lipinski definition) is 1. The van der Waals surface area contributed by atoms with Crippen LogP contribution in [0.15, 0.2) is 24.4 Å². The Hall–Kier alpha value is -0.970. The summed E-state index contributed by atoms with van der Waals surface area (Å²) < 4.78 is 0. The summed E-state index contributed by atoms with van der Waals surface area (Å²) in [5.74, 6) is 0. The molecule has 0 radical (unpaired) electrons. The third-order valence-corrected chi connectivity index (χ3v) is 3.70. The van der Waals surface area contributed by atoms with Crippen molar-refractivity contribution >= 4 is 0 Å². The minimum atomic E-state index is 0.862. The van der Waals surface area contributed by atoms with E-state index in [1.807, 2.05) is 18.3 Å². The molecular weight excluding hydrogens is 236 g/mol. The number of likely N-dealkylation sites (N-methyl/N-ethyl adjacent to an activating group) is 1. The second kappa shape index (κ2) is 8.25. The molecule has 1 N–H and O–H groups in total. The largest absolute Gasteiger partial charge is 0.310 e. The highest BCUT2D eigenvalue weighted by molar-refractivity contribution is 5.02. The summed E-state index contributed by atoms with van der Waals surface area (Å²) in [4.78, 5) is 9.28. The lowest BCUT2D eigenvalue weighted by Crippen LogP contribution is -2.35. The van der Waals surface area contributed by atoms with Crippen molar-refractivity contribution in [1.82, 2.24) is 20.1 Å². The van der Waals surface area contributed by atoms with Crippen LogP contribution in [0.3, 0.4) is 0 Å². The highest BCUT2D eigenvalue weighted by Gasteiger charge is 2.11. The highest BCUT2D eigenvalue weighted by Crippen LogP contribution is 2.06. The molecule has 2 rings (SSSR count). The van der Waals surface area contributed by atoms with Crippen LogP contribution < -0.4 is 5.32 Å². The molecule has 106 valence electrons. The van der Waals surface area contributed by atoms with Crippen LogP contribution >= 0.6 is 0 Å². The molecule has 4 heteroatoms. The Morgan fingerprint density at radius 2 is 2.11 bits per heavy atom. The summed E-state index contributed by atoms with van der Waals surface area (Å²) in [5, 5.41) is 3.44. The van der Waals surface area contributed by atoms with Crippen molar-refractivity contribution in [1.29, 1.82) is 0 Å². The fraction of sp³-hybridized carbons (Fsp3) is 0.667. The summed E-state index contributed by atoms with van der Waals surface area (Å²) >= 11 is 0. The zero-order chi connectivity index (χ0) is 13.3. The second-order valence-corrected chi connectivity index (χ2v) is 5.35. The molecule has 1 saturated heterocycles. The molecule has 0 aromatic carbocycles. The second-order valence-electron chi connectivity index (χ2n) is 5.35. The highest BCUT2D eigenvalue weighted by atomic mass is 15.2. The Balaban J connectivity index is 1.50. The van der Waals surface area contributed by atoms with Crippen LogP contribution in [0.5, 0.6) is 0 Å². The van der Waals surface area contributed by atoms with Gasteiger partial charge in [-0.25, -0.2) is 0 Å². The normalized spacial score (nSPS) is 16.3. The quantitative estimate of drug-likeness (QED) is 0.713. The average molecular weight is 262 g/mol. The molecule has 0 atom stereocenters. The molecule has 0 saturated carbocycles. The van der Waals surface area contributed by atoms with Crippen molar-refractivity contribution < 1.29 is 0 Å². The summed E-state index contributed by atoms with van der Waals surface area (Å²) in [6, 6.07) is 6.05. The summed E-state index contributed by atoms with van der Waals surface area (Å²) in [6.45, 7) is 7.97. The van der Waals surface area contributed by atoms with E-state index in [0.29, 0.717) is 0 Å². The number of likely N-dealkylation sites (tertiary alicyclic amines) is 1. The fourth-order valence-corrected chi connectivity index (χ4v) is 2.42. The standard InChI is InChI=1S/C15H26N4/c1-18(12-13-19-9-4-5-10-19)11-8-16-14-15-6-2-3-7-17-15/h2-3,6-7,16H,4-5,8-14H2,1H3. The Morgan fingerprint density at radius 1 is 1.26 bits per heavy atom. The van der Waals surface area contributed by atoms with Gasteiger partial charge in [0.15, 0.2) is 0 Å². The predicted molar refractivity (Wildman–Crippen MR) is 79.1 cm³/mol. The minimum Gasteiger partial charge on any atom is -0.310 e. The van der Waals surface area contributed by atoms with Gasteiger partial charge in [-0.3, -0.25) is 4.98 Å². The third-order valence-electron chi connectivity index (χ3n) is 3.70. The van der Waals surface area contributed by atoms with Gasteiger partial charge in [-0.15, -0.1) is 0 Å². The van der Waals surface area contributed by atoms with Crippen molar-refractivity contribution in [2.24, 2.45) is 0 Å². The van der Waals surface area contributed by atoms with E-state index in [1.54, 1.807) is 0 Å². The number of nitrogens with one attached hydrogen (secondary N) is 1. The molecule has 1 aliphatic rings. The first kappa shape index (κ1) is 14.4. The van der Waals surface area contributed by atoms with Crippen LogP contribution in [0, 0.1) is 0 Å². The van der Waals surface area contributed by atoms with Gasteiger partial charge >= 0.3 is 0 Å². The number of hydrogen-bond acceptors (Lipinski definition) is 4. The lowest BCUT2D eigenvalue weighted by molar-refractivity contribution is 0.257. The molecule has 0 aliphatic carbocycles. The molecule has 0 amide bonds. The van der Waals surface area contributed by atoms with E-state index in [-0.39, 0.29) is 0 Å². The molecule has 0 spiro atoms. The molecule has 1 aromatic rings. The van der Waals surface area contributed by atoms with Crippen molar-refractivity contribution in [3.05, 3.63) is 30.1 Å². The Labute approximate surface area is 116 Å². The maximum absolute atomic E-state index is 4.30. The monoisotopic (exact) mass is 262 g/mol. The lowest BCUT2D eigenvalue weighted by Gasteiger charge is -2.21. The van der Waals surface area contributed by atoms with Crippen molar-refractivity contribution in [3.63, 3.8) is 0 Å². The van der Waals surface area contributed by atoms with Crippen molar-refractivity contribution in [3.8, 4) is 0 Å². The maximum Gasteiger partial charge on any atom is 0.0541 e. The van der Waals surface area contributed by atoms with Gasteiger partial charge in [0.25, 0.3) is 0 Å². The first-order valence-electron chi connectivity index (χ1n) is 7.36. The molecule has 2 heterocycles. The van der Waals surface area contributed by atoms with Crippen LogP contribution in [-0.4, -0.2) is 61.1 Å². The Kier molecular flexibility index (Phi) is 6.27. The van der Waals surface area contributed by atoms with Gasteiger partial charge in [-0.2, -0.15) is 0 Å². The number of pyridine rings is 1. The van der Waals surface area contributed by atoms with Crippen LogP contribution in [-0.2, 0) is 6.54 Å². The van der Waals surface area contributed by atoms with Gasteiger partial charge in [-0.1, -0.05) is 6.07 Å². The van der Waals surface area contributed by atoms with E-state index in [0.717, 1.165) is 25.3 Å². The van der Waals surface area contributed by atoms with Crippen LogP contribution in [0.25, 0.3) is 0 Å². The molecule has 19 heavy (non-hydrogen) atoms. The molecule has 0 unspecified atom stereocenters. The van der Waals surface area contributed by atoms with E-state index in [9.17, 15) is 0 Å². The lowest BCUT2D eigenvalue weighted by atomic mass is 10.3. The van der Waals surface area contributed by atoms with Gasteiger partial charge < -0.3 is 15.1 Å². The zero-order valence-electron chi connectivity index (χ0n) is 12.0. The molecule has 1 aliphatic heterocycles. The smallest absolute Gasteiger partial charge is 0.0541 e.